The Morgan fingerprint density at radius 1 is 1.04 bits per heavy atom. The van der Waals surface area contributed by atoms with E-state index < -0.39 is 37.5 Å². The minimum Gasteiger partial charge on any atom is -0.394 e. The Morgan fingerprint density at radius 3 is 2.70 bits per heavy atom. The van der Waals surface area contributed by atoms with Crippen molar-refractivity contribution in [2.75, 3.05) is 13.2 Å². The second-order valence-electron chi connectivity index (χ2n) is 7.11. The molecule has 0 saturated carbocycles. The molecule has 2 N–H and O–H groups in total. The fraction of sp³-hybridized carbons (Fsp3) is 0.524. The first-order valence-electron chi connectivity index (χ1n) is 9.50. The van der Waals surface area contributed by atoms with Gasteiger partial charge in [0.2, 0.25) is 0 Å². The van der Waals surface area contributed by atoms with Crippen LogP contribution in [0.25, 0.3) is 0 Å². The van der Waals surface area contributed by atoms with Crippen molar-refractivity contribution in [1.82, 2.24) is 0 Å². The van der Waals surface area contributed by atoms with Crippen LogP contribution in [0.2, 0.25) is 0 Å². The zero-order valence-electron chi connectivity index (χ0n) is 15.1. The molecule has 2 saturated heterocycles. The maximum Gasteiger partial charge on any atom is 0.184 e. The lowest BCUT2D eigenvalue weighted by molar-refractivity contribution is -0.376. The zero-order chi connectivity index (χ0) is 18.6. The Morgan fingerprint density at radius 2 is 1.89 bits per heavy atom. The Hall–Kier alpha value is -1.54. The SMILES string of the molecule is OCC(O)C1O[C@@H](C2C=CCC=CC2)OC2COC(c3ccccc3)OC21. The van der Waals surface area contributed by atoms with E-state index in [0.29, 0.717) is 6.61 Å². The Labute approximate surface area is 159 Å². The highest BCUT2D eigenvalue weighted by molar-refractivity contribution is 5.16. The molecule has 6 heteroatoms. The Kier molecular flexibility index (Phi) is 6.02. The predicted octanol–water partition coefficient (Wildman–Crippen LogP) is 2.09. The molecular formula is C21H26O6. The van der Waals surface area contributed by atoms with Crippen LogP contribution in [0.5, 0.6) is 0 Å². The third-order valence-corrected chi connectivity index (χ3v) is 5.20. The van der Waals surface area contributed by atoms with Gasteiger partial charge in [0.25, 0.3) is 0 Å². The largest absolute Gasteiger partial charge is 0.394 e. The molecular weight excluding hydrogens is 348 g/mol. The van der Waals surface area contributed by atoms with Gasteiger partial charge in [0.1, 0.15) is 24.4 Å². The van der Waals surface area contributed by atoms with Gasteiger partial charge < -0.3 is 29.2 Å². The molecule has 1 aliphatic carbocycles. The molecule has 0 aromatic heterocycles. The lowest BCUT2D eigenvalue weighted by atomic mass is 9.97. The minimum atomic E-state index is -1.05. The van der Waals surface area contributed by atoms with Crippen molar-refractivity contribution in [2.24, 2.45) is 5.92 Å². The van der Waals surface area contributed by atoms with Crippen molar-refractivity contribution in [2.45, 2.75) is 49.8 Å². The van der Waals surface area contributed by atoms with Crippen LogP contribution in [0.1, 0.15) is 24.7 Å². The molecule has 146 valence electrons. The second kappa shape index (κ2) is 8.65. The van der Waals surface area contributed by atoms with E-state index in [0.717, 1.165) is 18.4 Å². The number of benzene rings is 1. The quantitative estimate of drug-likeness (QED) is 0.786. The number of fused-ring (bicyclic) bond motifs is 1. The van der Waals surface area contributed by atoms with E-state index in [1.54, 1.807) is 0 Å². The number of aliphatic hydroxyl groups excluding tert-OH is 2. The van der Waals surface area contributed by atoms with Crippen LogP contribution < -0.4 is 0 Å². The average molecular weight is 374 g/mol. The summed E-state index contributed by atoms with van der Waals surface area (Å²) in [6.07, 6.45) is 6.40. The highest BCUT2D eigenvalue weighted by Gasteiger charge is 2.48. The fourth-order valence-corrected chi connectivity index (χ4v) is 3.75. The molecule has 7 atom stereocenters. The molecule has 2 heterocycles. The molecule has 6 nitrogen and oxygen atoms in total. The van der Waals surface area contributed by atoms with Crippen LogP contribution >= 0.6 is 0 Å². The van der Waals surface area contributed by atoms with Crippen LogP contribution in [-0.2, 0) is 18.9 Å². The normalized spacial score (nSPS) is 37.4. The van der Waals surface area contributed by atoms with E-state index in [-0.39, 0.29) is 12.0 Å². The summed E-state index contributed by atoms with van der Waals surface area (Å²) in [7, 11) is 0. The lowest BCUT2D eigenvalue weighted by Gasteiger charge is -2.48. The number of rotatable bonds is 4. The molecule has 2 aliphatic heterocycles. The van der Waals surface area contributed by atoms with Gasteiger partial charge in [-0.25, -0.2) is 0 Å². The summed E-state index contributed by atoms with van der Waals surface area (Å²) < 4.78 is 24.2. The maximum absolute atomic E-state index is 10.4. The molecule has 0 spiro atoms. The molecule has 3 aliphatic rings. The van der Waals surface area contributed by atoms with E-state index in [1.165, 1.54) is 0 Å². The molecule has 27 heavy (non-hydrogen) atoms. The highest BCUT2D eigenvalue weighted by atomic mass is 16.8. The summed E-state index contributed by atoms with van der Waals surface area (Å²) in [5.74, 6) is 0.0462. The van der Waals surface area contributed by atoms with Crippen LogP contribution in [0.15, 0.2) is 54.6 Å². The lowest BCUT2D eigenvalue weighted by Crippen LogP contribution is -2.61. The first kappa shape index (κ1) is 18.8. The molecule has 1 aromatic rings. The van der Waals surface area contributed by atoms with Crippen molar-refractivity contribution in [1.29, 1.82) is 0 Å². The van der Waals surface area contributed by atoms with Crippen LogP contribution in [0.4, 0.5) is 0 Å². The van der Waals surface area contributed by atoms with E-state index in [9.17, 15) is 10.2 Å². The van der Waals surface area contributed by atoms with E-state index >= 15 is 0 Å². The first-order valence-corrected chi connectivity index (χ1v) is 9.50. The highest BCUT2D eigenvalue weighted by Crippen LogP contribution is 2.37. The topological polar surface area (TPSA) is 77.4 Å². The fourth-order valence-electron chi connectivity index (χ4n) is 3.75. The summed E-state index contributed by atoms with van der Waals surface area (Å²) >= 11 is 0. The van der Waals surface area contributed by atoms with Crippen molar-refractivity contribution in [3.63, 3.8) is 0 Å². The average Bonchev–Trinajstić information content (AvgIpc) is 3.02. The Bertz CT molecular complexity index is 660. The monoisotopic (exact) mass is 374 g/mol. The summed E-state index contributed by atoms with van der Waals surface area (Å²) in [6.45, 7) is -0.0632. The molecule has 4 rings (SSSR count). The number of hydrogen-bond donors (Lipinski definition) is 2. The molecule has 6 unspecified atom stereocenters. The number of allylic oxidation sites excluding steroid dienone is 3. The van der Waals surface area contributed by atoms with Gasteiger partial charge in [-0.05, 0) is 12.8 Å². The van der Waals surface area contributed by atoms with Crippen molar-refractivity contribution in [3.8, 4) is 0 Å². The van der Waals surface area contributed by atoms with Gasteiger partial charge in [-0.1, -0.05) is 54.6 Å². The van der Waals surface area contributed by atoms with Crippen LogP contribution in [-0.4, -0.2) is 54.1 Å². The molecule has 0 bridgehead atoms. The minimum absolute atomic E-state index is 0.0462. The van der Waals surface area contributed by atoms with Crippen molar-refractivity contribution >= 4 is 0 Å². The molecule has 0 radical (unpaired) electrons. The number of hydrogen-bond acceptors (Lipinski definition) is 6. The van der Waals surface area contributed by atoms with Crippen molar-refractivity contribution < 1.29 is 29.2 Å². The van der Waals surface area contributed by atoms with Crippen LogP contribution in [0.3, 0.4) is 0 Å². The van der Waals surface area contributed by atoms with Gasteiger partial charge in [0.15, 0.2) is 12.6 Å². The smallest absolute Gasteiger partial charge is 0.184 e. The summed E-state index contributed by atoms with van der Waals surface area (Å²) in [4.78, 5) is 0. The third-order valence-electron chi connectivity index (χ3n) is 5.20. The van der Waals surface area contributed by atoms with Gasteiger partial charge in [-0.15, -0.1) is 0 Å². The van der Waals surface area contributed by atoms with E-state index in [2.05, 4.69) is 24.3 Å². The first-order chi connectivity index (χ1) is 13.3. The molecule has 0 amide bonds. The number of aliphatic hydroxyl groups is 2. The Balaban J connectivity index is 1.52. The zero-order valence-corrected chi connectivity index (χ0v) is 15.1. The summed E-state index contributed by atoms with van der Waals surface area (Å²) in [6, 6.07) is 9.63. The van der Waals surface area contributed by atoms with Gasteiger partial charge in [0.05, 0.1) is 13.2 Å². The predicted molar refractivity (Wildman–Crippen MR) is 97.6 cm³/mol. The second-order valence-corrected chi connectivity index (χ2v) is 7.11. The maximum atomic E-state index is 10.4. The van der Waals surface area contributed by atoms with Gasteiger partial charge in [0, 0.05) is 11.5 Å². The molecule has 2 fully saturated rings. The standard InChI is InChI=1S/C21H26O6/c22-12-16(23)18-19-17(13-24-20(27-19)14-8-6-3-7-9-14)25-21(26-18)15-10-4-1-2-5-11-15/h1,3-9,11,15-23H,2,10,12-13H2/t15?,16?,17?,18?,19?,20?,21-/m0/s1. The number of ether oxygens (including phenoxy) is 4. The summed E-state index contributed by atoms with van der Waals surface area (Å²) in [5, 5.41) is 19.9. The van der Waals surface area contributed by atoms with Crippen molar-refractivity contribution in [3.05, 3.63) is 60.2 Å². The summed E-state index contributed by atoms with van der Waals surface area (Å²) in [5.41, 5.74) is 0.896. The van der Waals surface area contributed by atoms with Crippen LogP contribution in [0, 0.1) is 5.92 Å². The van der Waals surface area contributed by atoms with Gasteiger partial charge in [-0.2, -0.15) is 0 Å². The third kappa shape index (κ3) is 4.16. The van der Waals surface area contributed by atoms with Gasteiger partial charge >= 0.3 is 0 Å². The van der Waals surface area contributed by atoms with E-state index in [1.807, 2.05) is 30.3 Å². The van der Waals surface area contributed by atoms with E-state index in [4.69, 9.17) is 18.9 Å². The van der Waals surface area contributed by atoms with Gasteiger partial charge in [-0.3, -0.25) is 0 Å². The molecule has 1 aromatic carbocycles.